The molecule has 7 heteroatoms. The first-order valence-electron chi connectivity index (χ1n) is 8.81. The van der Waals surface area contributed by atoms with E-state index in [1.54, 1.807) is 7.11 Å². The van der Waals surface area contributed by atoms with E-state index >= 15 is 0 Å². The van der Waals surface area contributed by atoms with Gasteiger partial charge in [-0.25, -0.2) is 4.79 Å². The Bertz CT molecular complexity index is 665. The minimum atomic E-state index is -0.961. The second-order valence-electron chi connectivity index (χ2n) is 8.74. The topological polar surface area (TPSA) is 68.2 Å². The molecule has 0 radical (unpaired) electrons. The monoisotopic (exact) mass is 363 g/mol. The zero-order chi connectivity index (χ0) is 19.9. The molecular weight excluding hydrogens is 333 g/mol. The summed E-state index contributed by atoms with van der Waals surface area (Å²) in [5.41, 5.74) is 0.238. The molecule has 2 rings (SSSR count). The standard InChI is InChI=1S/C19H30BNO5/c1-17(2,3)21(16(22)23)12-13-9-14(11-15(10-13)24-8)20-25-18(4,5)19(6,7)26-20/h9-11H,12H2,1-8H3,(H,22,23). The first-order valence-corrected chi connectivity index (χ1v) is 8.81. The van der Waals surface area contributed by atoms with Gasteiger partial charge in [0.05, 0.1) is 18.3 Å². The third-order valence-corrected chi connectivity index (χ3v) is 5.13. The van der Waals surface area contributed by atoms with Gasteiger partial charge in [0, 0.05) is 12.1 Å². The molecule has 0 spiro atoms. The van der Waals surface area contributed by atoms with E-state index in [0.717, 1.165) is 11.0 Å². The summed E-state index contributed by atoms with van der Waals surface area (Å²) in [6.45, 7) is 13.9. The maximum absolute atomic E-state index is 11.7. The van der Waals surface area contributed by atoms with Gasteiger partial charge in [0.1, 0.15) is 5.75 Å². The molecule has 1 saturated heterocycles. The quantitative estimate of drug-likeness (QED) is 0.832. The molecule has 1 fully saturated rings. The lowest BCUT2D eigenvalue weighted by atomic mass is 9.78. The van der Waals surface area contributed by atoms with E-state index in [-0.39, 0.29) is 6.54 Å². The van der Waals surface area contributed by atoms with Gasteiger partial charge < -0.3 is 19.2 Å². The van der Waals surface area contributed by atoms with Gasteiger partial charge in [0.15, 0.2) is 0 Å². The van der Waals surface area contributed by atoms with Crippen LogP contribution in [0.4, 0.5) is 4.79 Å². The van der Waals surface area contributed by atoms with E-state index in [4.69, 9.17) is 14.0 Å². The summed E-state index contributed by atoms with van der Waals surface area (Å²) in [5.74, 6) is 0.645. The van der Waals surface area contributed by atoms with Crippen LogP contribution in [0.25, 0.3) is 0 Å². The number of hydrogen-bond acceptors (Lipinski definition) is 4. The molecule has 1 heterocycles. The van der Waals surface area contributed by atoms with Crippen LogP contribution in [0.15, 0.2) is 18.2 Å². The largest absolute Gasteiger partial charge is 0.497 e. The van der Waals surface area contributed by atoms with Crippen LogP contribution in [0.2, 0.25) is 0 Å². The van der Waals surface area contributed by atoms with Crippen molar-refractivity contribution in [3.8, 4) is 5.75 Å². The molecule has 1 aromatic carbocycles. The van der Waals surface area contributed by atoms with Crippen molar-refractivity contribution < 1.29 is 23.9 Å². The highest BCUT2D eigenvalue weighted by molar-refractivity contribution is 6.62. The lowest BCUT2D eigenvalue weighted by Crippen LogP contribution is -2.44. The maximum atomic E-state index is 11.7. The van der Waals surface area contributed by atoms with Crippen LogP contribution in [0.5, 0.6) is 5.75 Å². The lowest BCUT2D eigenvalue weighted by molar-refractivity contribution is 0.00578. The number of amides is 1. The van der Waals surface area contributed by atoms with E-state index in [1.807, 2.05) is 66.7 Å². The van der Waals surface area contributed by atoms with Gasteiger partial charge in [-0.3, -0.25) is 4.90 Å². The van der Waals surface area contributed by atoms with Crippen LogP contribution in [0.1, 0.15) is 54.0 Å². The Labute approximate surface area is 156 Å². The van der Waals surface area contributed by atoms with Crippen LogP contribution in [0.3, 0.4) is 0 Å². The number of carbonyl (C=O) groups is 1. The van der Waals surface area contributed by atoms with E-state index in [0.29, 0.717) is 5.75 Å². The minimum Gasteiger partial charge on any atom is -0.497 e. The highest BCUT2D eigenvalue weighted by Gasteiger charge is 2.51. The fraction of sp³-hybridized carbons (Fsp3) is 0.632. The molecule has 144 valence electrons. The SMILES string of the molecule is COc1cc(CN(C(=O)O)C(C)(C)C)cc(B2OC(C)(C)C(C)(C)O2)c1. The first-order chi connectivity index (χ1) is 11.8. The Morgan fingerprint density at radius 1 is 1.15 bits per heavy atom. The van der Waals surface area contributed by atoms with Crippen molar-refractivity contribution >= 4 is 18.7 Å². The van der Waals surface area contributed by atoms with E-state index < -0.39 is 30.0 Å². The van der Waals surface area contributed by atoms with E-state index in [2.05, 4.69) is 0 Å². The Morgan fingerprint density at radius 2 is 1.69 bits per heavy atom. The van der Waals surface area contributed by atoms with Crippen molar-refractivity contribution in [1.29, 1.82) is 0 Å². The molecule has 0 bridgehead atoms. The number of ether oxygens (including phenoxy) is 1. The van der Waals surface area contributed by atoms with Crippen LogP contribution in [-0.2, 0) is 15.9 Å². The Balaban J connectivity index is 2.37. The fourth-order valence-electron chi connectivity index (χ4n) is 2.78. The number of hydrogen-bond donors (Lipinski definition) is 1. The van der Waals surface area contributed by atoms with Crippen molar-refractivity contribution in [3.63, 3.8) is 0 Å². The lowest BCUT2D eigenvalue weighted by Gasteiger charge is -2.33. The molecule has 1 aliphatic rings. The predicted molar refractivity (Wildman–Crippen MR) is 102 cm³/mol. The van der Waals surface area contributed by atoms with Gasteiger partial charge in [-0.05, 0) is 71.6 Å². The number of benzene rings is 1. The number of methoxy groups -OCH3 is 1. The van der Waals surface area contributed by atoms with E-state index in [1.165, 1.54) is 4.90 Å². The van der Waals surface area contributed by atoms with Crippen LogP contribution in [-0.4, -0.2) is 47.1 Å². The molecule has 1 aromatic rings. The normalized spacial score (nSPS) is 18.7. The highest BCUT2D eigenvalue weighted by atomic mass is 16.7. The first kappa shape index (κ1) is 20.6. The number of carboxylic acid groups (broad SMARTS) is 1. The van der Waals surface area contributed by atoms with Crippen molar-refractivity contribution in [3.05, 3.63) is 23.8 Å². The molecule has 1 aliphatic heterocycles. The van der Waals surface area contributed by atoms with Gasteiger partial charge in [0.2, 0.25) is 0 Å². The van der Waals surface area contributed by atoms with Crippen molar-refractivity contribution in [2.24, 2.45) is 0 Å². The molecule has 1 amide bonds. The van der Waals surface area contributed by atoms with Gasteiger partial charge in [-0.15, -0.1) is 0 Å². The predicted octanol–water partition coefficient (Wildman–Crippen LogP) is 3.27. The van der Waals surface area contributed by atoms with Gasteiger partial charge >= 0.3 is 13.2 Å². The smallest absolute Gasteiger partial charge is 0.494 e. The third-order valence-electron chi connectivity index (χ3n) is 5.13. The maximum Gasteiger partial charge on any atom is 0.494 e. The fourth-order valence-corrected chi connectivity index (χ4v) is 2.78. The zero-order valence-corrected chi connectivity index (χ0v) is 17.0. The molecular formula is C19H30BNO5. The van der Waals surface area contributed by atoms with E-state index in [9.17, 15) is 9.90 Å². The van der Waals surface area contributed by atoms with Crippen molar-refractivity contribution in [2.45, 2.75) is 71.8 Å². The molecule has 0 aliphatic carbocycles. The summed E-state index contributed by atoms with van der Waals surface area (Å²) in [4.78, 5) is 13.1. The van der Waals surface area contributed by atoms with Gasteiger partial charge in [-0.1, -0.05) is 6.07 Å². The zero-order valence-electron chi connectivity index (χ0n) is 17.0. The van der Waals surface area contributed by atoms with Crippen LogP contribution in [0, 0.1) is 0 Å². The molecule has 0 aromatic heterocycles. The molecule has 0 atom stereocenters. The second-order valence-corrected chi connectivity index (χ2v) is 8.74. The summed E-state index contributed by atoms with van der Waals surface area (Å²) in [7, 11) is 1.06. The minimum absolute atomic E-state index is 0.253. The van der Waals surface area contributed by atoms with Crippen molar-refractivity contribution in [2.75, 3.05) is 7.11 Å². The van der Waals surface area contributed by atoms with Gasteiger partial charge in [0.25, 0.3) is 0 Å². The second kappa shape index (κ2) is 6.78. The molecule has 1 N–H and O–H groups in total. The average Bonchev–Trinajstić information content (AvgIpc) is 2.71. The summed E-state index contributed by atoms with van der Waals surface area (Å²) >= 11 is 0. The molecule has 0 saturated carbocycles. The Kier molecular flexibility index (Phi) is 5.37. The summed E-state index contributed by atoms with van der Waals surface area (Å²) in [5, 5.41) is 9.56. The summed E-state index contributed by atoms with van der Waals surface area (Å²) in [6, 6.07) is 5.64. The summed E-state index contributed by atoms with van der Waals surface area (Å²) in [6.07, 6.45) is -0.961. The average molecular weight is 363 g/mol. The Morgan fingerprint density at radius 3 is 2.12 bits per heavy atom. The third kappa shape index (κ3) is 4.15. The Hall–Kier alpha value is -1.73. The number of rotatable bonds is 4. The van der Waals surface area contributed by atoms with Gasteiger partial charge in [-0.2, -0.15) is 0 Å². The highest BCUT2D eigenvalue weighted by Crippen LogP contribution is 2.36. The van der Waals surface area contributed by atoms with Crippen LogP contribution < -0.4 is 10.2 Å². The molecule has 0 unspecified atom stereocenters. The summed E-state index contributed by atoms with van der Waals surface area (Å²) < 4.78 is 17.6. The molecule has 6 nitrogen and oxygen atoms in total. The molecule has 26 heavy (non-hydrogen) atoms. The number of nitrogens with zero attached hydrogens (tertiary/aromatic N) is 1. The van der Waals surface area contributed by atoms with Crippen LogP contribution >= 0.6 is 0 Å². The van der Waals surface area contributed by atoms with Crippen molar-refractivity contribution in [1.82, 2.24) is 4.90 Å².